The second kappa shape index (κ2) is 6.75. The Labute approximate surface area is 113 Å². The Morgan fingerprint density at radius 2 is 2.00 bits per heavy atom. The lowest BCUT2D eigenvalue weighted by molar-refractivity contribution is 0.0161. The number of hydrogen-bond donors (Lipinski definition) is 1. The minimum Gasteiger partial charge on any atom is -0.454 e. The molecule has 5 nitrogen and oxygen atoms in total. The van der Waals surface area contributed by atoms with Crippen molar-refractivity contribution in [1.82, 2.24) is 0 Å². The highest BCUT2D eigenvalue weighted by molar-refractivity contribution is 5.45. The molecule has 0 aliphatic carbocycles. The summed E-state index contributed by atoms with van der Waals surface area (Å²) in [6.07, 6.45) is 0.228. The maximum atomic E-state index is 6.07. The quantitative estimate of drug-likeness (QED) is 0.764. The number of benzene rings is 1. The zero-order valence-corrected chi connectivity index (χ0v) is 11.4. The fraction of sp³-hybridized carbons (Fsp3) is 0.571. The lowest BCUT2D eigenvalue weighted by Gasteiger charge is -2.14. The SMILES string of the molecule is CC(C)OCCOCC(N)c1ccc2c(c1)OCO2. The fourth-order valence-electron chi connectivity index (χ4n) is 1.79. The van der Waals surface area contributed by atoms with Crippen LogP contribution in [0, 0.1) is 0 Å². The average Bonchev–Trinajstić information content (AvgIpc) is 2.84. The van der Waals surface area contributed by atoms with Gasteiger partial charge in [-0.3, -0.25) is 0 Å². The zero-order valence-electron chi connectivity index (χ0n) is 11.4. The number of ether oxygens (including phenoxy) is 4. The molecule has 1 aliphatic rings. The maximum Gasteiger partial charge on any atom is 0.231 e. The van der Waals surface area contributed by atoms with Crippen LogP contribution >= 0.6 is 0 Å². The second-order valence-electron chi connectivity index (χ2n) is 4.71. The number of nitrogens with two attached hydrogens (primary N) is 1. The van der Waals surface area contributed by atoms with Gasteiger partial charge in [-0.1, -0.05) is 6.07 Å². The Bertz CT molecular complexity index is 408. The Hall–Kier alpha value is -1.30. The van der Waals surface area contributed by atoms with Crippen LogP contribution in [0.2, 0.25) is 0 Å². The van der Waals surface area contributed by atoms with Crippen LogP contribution in [0.4, 0.5) is 0 Å². The van der Waals surface area contributed by atoms with Crippen LogP contribution in [-0.4, -0.2) is 32.7 Å². The predicted octanol–water partition coefficient (Wildman–Crippen LogP) is 1.86. The van der Waals surface area contributed by atoms with Crippen molar-refractivity contribution in [3.05, 3.63) is 23.8 Å². The first-order valence-corrected chi connectivity index (χ1v) is 6.51. The number of rotatable bonds is 7. The smallest absolute Gasteiger partial charge is 0.231 e. The standard InChI is InChI=1S/C14H21NO4/c1-10(2)17-6-5-16-8-12(15)11-3-4-13-14(7-11)19-9-18-13/h3-4,7,10,12H,5-6,8-9,15H2,1-2H3. The van der Waals surface area contributed by atoms with E-state index in [1.54, 1.807) is 0 Å². The van der Waals surface area contributed by atoms with Crippen LogP contribution in [0.5, 0.6) is 11.5 Å². The lowest BCUT2D eigenvalue weighted by atomic mass is 10.1. The summed E-state index contributed by atoms with van der Waals surface area (Å²) in [5.74, 6) is 1.51. The summed E-state index contributed by atoms with van der Waals surface area (Å²) in [6, 6.07) is 5.54. The molecule has 1 aromatic rings. The molecule has 1 aliphatic heterocycles. The predicted molar refractivity (Wildman–Crippen MR) is 71.4 cm³/mol. The molecule has 0 fully saturated rings. The van der Waals surface area contributed by atoms with Gasteiger partial charge in [-0.25, -0.2) is 0 Å². The maximum absolute atomic E-state index is 6.07. The van der Waals surface area contributed by atoms with E-state index in [4.69, 9.17) is 24.7 Å². The van der Waals surface area contributed by atoms with E-state index >= 15 is 0 Å². The van der Waals surface area contributed by atoms with Gasteiger partial charge in [-0.15, -0.1) is 0 Å². The topological polar surface area (TPSA) is 62.9 Å². The summed E-state index contributed by atoms with van der Waals surface area (Å²) < 4.78 is 21.5. The molecule has 1 heterocycles. The highest BCUT2D eigenvalue weighted by Gasteiger charge is 2.15. The summed E-state index contributed by atoms with van der Waals surface area (Å²) in [5, 5.41) is 0. The van der Waals surface area contributed by atoms with Gasteiger partial charge in [-0.05, 0) is 31.5 Å². The molecular weight excluding hydrogens is 246 g/mol. The van der Waals surface area contributed by atoms with E-state index in [1.165, 1.54) is 0 Å². The van der Waals surface area contributed by atoms with Gasteiger partial charge in [-0.2, -0.15) is 0 Å². The van der Waals surface area contributed by atoms with Crippen molar-refractivity contribution < 1.29 is 18.9 Å². The molecule has 5 heteroatoms. The molecule has 0 spiro atoms. The summed E-state index contributed by atoms with van der Waals surface area (Å²) in [5.41, 5.74) is 7.05. The lowest BCUT2D eigenvalue weighted by Crippen LogP contribution is -2.19. The van der Waals surface area contributed by atoms with Gasteiger partial charge in [0.05, 0.1) is 32.0 Å². The molecule has 1 atom stereocenters. The Morgan fingerprint density at radius 1 is 1.21 bits per heavy atom. The summed E-state index contributed by atoms with van der Waals surface area (Å²) in [7, 11) is 0. The molecule has 0 saturated heterocycles. The molecule has 0 aromatic heterocycles. The van der Waals surface area contributed by atoms with Gasteiger partial charge in [0.25, 0.3) is 0 Å². The first-order valence-electron chi connectivity index (χ1n) is 6.51. The van der Waals surface area contributed by atoms with Crippen LogP contribution in [0.25, 0.3) is 0 Å². The molecule has 2 rings (SSSR count). The first kappa shape index (κ1) is 14.1. The molecule has 0 radical (unpaired) electrons. The number of fused-ring (bicyclic) bond motifs is 1. The monoisotopic (exact) mass is 267 g/mol. The van der Waals surface area contributed by atoms with E-state index in [9.17, 15) is 0 Å². The molecule has 1 aromatic carbocycles. The highest BCUT2D eigenvalue weighted by atomic mass is 16.7. The van der Waals surface area contributed by atoms with Gasteiger partial charge in [0.1, 0.15) is 0 Å². The highest BCUT2D eigenvalue weighted by Crippen LogP contribution is 2.33. The summed E-state index contributed by atoms with van der Waals surface area (Å²) >= 11 is 0. The Morgan fingerprint density at radius 3 is 2.79 bits per heavy atom. The molecule has 106 valence electrons. The van der Waals surface area contributed by atoms with Gasteiger partial charge < -0.3 is 24.7 Å². The molecule has 19 heavy (non-hydrogen) atoms. The minimum absolute atomic E-state index is 0.173. The molecule has 0 amide bonds. The third-order valence-corrected chi connectivity index (χ3v) is 2.80. The van der Waals surface area contributed by atoms with E-state index in [-0.39, 0.29) is 18.9 Å². The van der Waals surface area contributed by atoms with E-state index in [1.807, 2.05) is 32.0 Å². The molecule has 0 bridgehead atoms. The average molecular weight is 267 g/mol. The van der Waals surface area contributed by atoms with Crippen molar-refractivity contribution in [3.8, 4) is 11.5 Å². The summed E-state index contributed by atoms with van der Waals surface area (Å²) in [4.78, 5) is 0. The largest absolute Gasteiger partial charge is 0.454 e. The van der Waals surface area contributed by atoms with Crippen molar-refractivity contribution in [1.29, 1.82) is 0 Å². The van der Waals surface area contributed by atoms with Crippen molar-refractivity contribution in [2.75, 3.05) is 26.6 Å². The van der Waals surface area contributed by atoms with Crippen molar-refractivity contribution >= 4 is 0 Å². The van der Waals surface area contributed by atoms with Gasteiger partial charge in [0.2, 0.25) is 6.79 Å². The third kappa shape index (κ3) is 4.09. The fourth-order valence-corrected chi connectivity index (χ4v) is 1.79. The van der Waals surface area contributed by atoms with Crippen molar-refractivity contribution in [2.45, 2.75) is 26.0 Å². The molecule has 2 N–H and O–H groups in total. The normalized spacial score (nSPS) is 14.9. The Balaban J connectivity index is 1.75. The van der Waals surface area contributed by atoms with E-state index in [2.05, 4.69) is 0 Å². The zero-order chi connectivity index (χ0) is 13.7. The third-order valence-electron chi connectivity index (χ3n) is 2.80. The van der Waals surface area contributed by atoms with Crippen molar-refractivity contribution in [2.24, 2.45) is 5.73 Å². The van der Waals surface area contributed by atoms with E-state index < -0.39 is 0 Å². The molecule has 0 saturated carbocycles. The van der Waals surface area contributed by atoms with E-state index in [0.29, 0.717) is 19.8 Å². The van der Waals surface area contributed by atoms with Crippen LogP contribution in [0.15, 0.2) is 18.2 Å². The molecule has 1 unspecified atom stereocenters. The second-order valence-corrected chi connectivity index (χ2v) is 4.71. The van der Waals surface area contributed by atoms with Gasteiger partial charge in [0.15, 0.2) is 11.5 Å². The number of hydrogen-bond acceptors (Lipinski definition) is 5. The summed E-state index contributed by atoms with van der Waals surface area (Å²) in [6.45, 7) is 5.87. The van der Waals surface area contributed by atoms with Crippen molar-refractivity contribution in [3.63, 3.8) is 0 Å². The molecular formula is C14H21NO4. The Kier molecular flexibility index (Phi) is 5.01. The van der Waals surface area contributed by atoms with Crippen LogP contribution in [0.1, 0.15) is 25.5 Å². The minimum atomic E-state index is -0.173. The van der Waals surface area contributed by atoms with Crippen LogP contribution in [-0.2, 0) is 9.47 Å². The van der Waals surface area contributed by atoms with Gasteiger partial charge in [0, 0.05) is 0 Å². The van der Waals surface area contributed by atoms with Crippen LogP contribution in [0.3, 0.4) is 0 Å². The van der Waals surface area contributed by atoms with Gasteiger partial charge >= 0.3 is 0 Å². The van der Waals surface area contributed by atoms with Crippen LogP contribution < -0.4 is 15.2 Å². The first-order chi connectivity index (χ1) is 9.16. The van der Waals surface area contributed by atoms with E-state index in [0.717, 1.165) is 17.1 Å².